The van der Waals surface area contributed by atoms with E-state index in [9.17, 15) is 4.79 Å². The second-order valence-electron chi connectivity index (χ2n) is 6.01. The summed E-state index contributed by atoms with van der Waals surface area (Å²) in [7, 11) is 0. The second-order valence-corrected chi connectivity index (χ2v) is 6.87. The number of carbonyl (C=O) groups excluding carboxylic acids is 1. The summed E-state index contributed by atoms with van der Waals surface area (Å²) in [4.78, 5) is 16.7. The van der Waals surface area contributed by atoms with Crippen molar-refractivity contribution in [3.05, 3.63) is 76.8 Å². The fourth-order valence-corrected chi connectivity index (χ4v) is 3.48. The average Bonchev–Trinajstić information content (AvgIpc) is 3.15. The van der Waals surface area contributed by atoms with Gasteiger partial charge >= 0.3 is 0 Å². The van der Waals surface area contributed by atoms with Gasteiger partial charge in [-0.2, -0.15) is 0 Å². The van der Waals surface area contributed by atoms with Crippen molar-refractivity contribution < 1.29 is 9.53 Å². The van der Waals surface area contributed by atoms with Gasteiger partial charge in [0.25, 0.3) is 0 Å². The van der Waals surface area contributed by atoms with Gasteiger partial charge in [0.15, 0.2) is 0 Å². The maximum absolute atomic E-state index is 12.0. The summed E-state index contributed by atoms with van der Waals surface area (Å²) in [5.41, 5.74) is 4.14. The van der Waals surface area contributed by atoms with Crippen LogP contribution in [0.25, 0.3) is 16.6 Å². The molecule has 1 heterocycles. The molecule has 0 saturated heterocycles. The van der Waals surface area contributed by atoms with Crippen LogP contribution in [0, 0.1) is 6.92 Å². The zero-order valence-corrected chi connectivity index (χ0v) is 16.3. The summed E-state index contributed by atoms with van der Waals surface area (Å²) in [6.07, 6.45) is 3.31. The molecule has 27 heavy (non-hydrogen) atoms. The first-order valence-corrected chi connectivity index (χ1v) is 9.73. The van der Waals surface area contributed by atoms with Crippen LogP contribution in [0.1, 0.15) is 23.7 Å². The van der Waals surface area contributed by atoms with E-state index in [-0.39, 0.29) is 5.91 Å². The molecular formula is C22H22N2O2S. The SMILES string of the molecule is CCOc1ccc(/C=C/C(=O)NCc2csc(-c3ccccc3C)n2)cc1. The molecule has 138 valence electrons. The van der Waals surface area contributed by atoms with E-state index in [4.69, 9.17) is 4.74 Å². The van der Waals surface area contributed by atoms with Gasteiger partial charge in [-0.05, 0) is 43.2 Å². The van der Waals surface area contributed by atoms with Gasteiger partial charge < -0.3 is 10.1 Å². The normalized spacial score (nSPS) is 10.9. The van der Waals surface area contributed by atoms with Gasteiger partial charge in [-0.3, -0.25) is 4.79 Å². The number of aromatic nitrogens is 1. The van der Waals surface area contributed by atoms with Crippen LogP contribution in [0.4, 0.5) is 0 Å². The first-order chi connectivity index (χ1) is 13.2. The molecule has 0 atom stereocenters. The molecule has 1 aromatic heterocycles. The standard InChI is InChI=1S/C22H22N2O2S/c1-3-26-19-11-8-17(9-12-19)10-13-21(25)23-14-18-15-27-22(24-18)20-7-5-4-6-16(20)2/h4-13,15H,3,14H2,1-2H3,(H,23,25)/b13-10+. The molecule has 5 heteroatoms. The molecule has 0 radical (unpaired) electrons. The minimum Gasteiger partial charge on any atom is -0.494 e. The number of benzene rings is 2. The van der Waals surface area contributed by atoms with Crippen molar-refractivity contribution in [2.45, 2.75) is 20.4 Å². The molecule has 0 aliphatic heterocycles. The van der Waals surface area contributed by atoms with Crippen LogP contribution in [0.5, 0.6) is 5.75 Å². The Labute approximate surface area is 163 Å². The summed E-state index contributed by atoms with van der Waals surface area (Å²) in [5, 5.41) is 5.83. The Kier molecular flexibility index (Phi) is 6.39. The Hall–Kier alpha value is -2.92. The lowest BCUT2D eigenvalue weighted by molar-refractivity contribution is -0.116. The Morgan fingerprint density at radius 2 is 1.96 bits per heavy atom. The quantitative estimate of drug-likeness (QED) is 0.598. The van der Waals surface area contributed by atoms with Gasteiger partial charge in [0, 0.05) is 17.0 Å². The number of rotatable bonds is 7. The number of carbonyl (C=O) groups is 1. The Morgan fingerprint density at radius 3 is 2.70 bits per heavy atom. The number of hydrogen-bond donors (Lipinski definition) is 1. The highest BCUT2D eigenvalue weighted by Crippen LogP contribution is 2.26. The maximum atomic E-state index is 12.0. The van der Waals surface area contributed by atoms with Gasteiger partial charge in [0.2, 0.25) is 5.91 Å². The molecule has 0 fully saturated rings. The minimum absolute atomic E-state index is 0.144. The highest BCUT2D eigenvalue weighted by molar-refractivity contribution is 7.13. The van der Waals surface area contributed by atoms with Crippen molar-refractivity contribution in [3.8, 4) is 16.3 Å². The summed E-state index contributed by atoms with van der Waals surface area (Å²) >= 11 is 1.59. The summed E-state index contributed by atoms with van der Waals surface area (Å²) in [5.74, 6) is 0.682. The number of amides is 1. The molecule has 0 unspecified atom stereocenters. The van der Waals surface area contributed by atoms with Crippen LogP contribution in [0.15, 0.2) is 60.0 Å². The van der Waals surface area contributed by atoms with Crippen LogP contribution in [0.3, 0.4) is 0 Å². The Bertz CT molecular complexity index is 929. The van der Waals surface area contributed by atoms with E-state index in [0.717, 1.165) is 27.6 Å². The maximum Gasteiger partial charge on any atom is 0.244 e. The fourth-order valence-electron chi connectivity index (χ4n) is 2.58. The van der Waals surface area contributed by atoms with Crippen LogP contribution in [-0.2, 0) is 11.3 Å². The zero-order valence-electron chi connectivity index (χ0n) is 15.4. The summed E-state index contributed by atoms with van der Waals surface area (Å²) in [6, 6.07) is 15.8. The predicted octanol–water partition coefficient (Wildman–Crippen LogP) is 4.85. The monoisotopic (exact) mass is 378 g/mol. The van der Waals surface area contributed by atoms with Crippen LogP contribution in [0.2, 0.25) is 0 Å². The lowest BCUT2D eigenvalue weighted by Gasteiger charge is -2.02. The van der Waals surface area contributed by atoms with Crippen molar-refractivity contribution in [1.82, 2.24) is 10.3 Å². The fraction of sp³-hybridized carbons (Fsp3) is 0.182. The molecule has 1 amide bonds. The largest absolute Gasteiger partial charge is 0.494 e. The summed E-state index contributed by atoms with van der Waals surface area (Å²) in [6.45, 7) is 5.07. The molecule has 2 aromatic carbocycles. The molecular weight excluding hydrogens is 356 g/mol. The van der Waals surface area contributed by atoms with E-state index in [2.05, 4.69) is 29.4 Å². The van der Waals surface area contributed by atoms with E-state index in [1.54, 1.807) is 17.4 Å². The van der Waals surface area contributed by atoms with Crippen molar-refractivity contribution in [3.63, 3.8) is 0 Å². The average molecular weight is 378 g/mol. The number of hydrogen-bond acceptors (Lipinski definition) is 4. The molecule has 3 rings (SSSR count). The highest BCUT2D eigenvalue weighted by Gasteiger charge is 2.07. The lowest BCUT2D eigenvalue weighted by Crippen LogP contribution is -2.20. The van der Waals surface area contributed by atoms with Gasteiger partial charge in [0.1, 0.15) is 10.8 Å². The third-order valence-electron chi connectivity index (χ3n) is 3.99. The van der Waals surface area contributed by atoms with E-state index < -0.39 is 0 Å². The van der Waals surface area contributed by atoms with Crippen molar-refractivity contribution in [2.24, 2.45) is 0 Å². The van der Waals surface area contributed by atoms with Crippen LogP contribution in [-0.4, -0.2) is 17.5 Å². The Morgan fingerprint density at radius 1 is 1.19 bits per heavy atom. The van der Waals surface area contributed by atoms with Crippen molar-refractivity contribution in [2.75, 3.05) is 6.61 Å². The molecule has 0 aliphatic rings. The molecule has 0 spiro atoms. The van der Waals surface area contributed by atoms with Gasteiger partial charge in [0.05, 0.1) is 18.8 Å². The molecule has 4 nitrogen and oxygen atoms in total. The predicted molar refractivity (Wildman–Crippen MR) is 111 cm³/mol. The van der Waals surface area contributed by atoms with E-state index >= 15 is 0 Å². The van der Waals surface area contributed by atoms with Gasteiger partial charge in [-0.1, -0.05) is 36.4 Å². The van der Waals surface area contributed by atoms with E-state index in [1.807, 2.05) is 48.7 Å². The van der Waals surface area contributed by atoms with Gasteiger partial charge in [-0.15, -0.1) is 11.3 Å². The van der Waals surface area contributed by atoms with Crippen molar-refractivity contribution >= 4 is 23.3 Å². The van der Waals surface area contributed by atoms with Crippen LogP contribution >= 0.6 is 11.3 Å². The number of nitrogens with one attached hydrogen (secondary N) is 1. The smallest absolute Gasteiger partial charge is 0.244 e. The molecule has 1 N–H and O–H groups in total. The second kappa shape index (κ2) is 9.14. The molecule has 0 aliphatic carbocycles. The third kappa shape index (κ3) is 5.28. The number of nitrogens with zero attached hydrogens (tertiary/aromatic N) is 1. The number of ether oxygens (including phenoxy) is 1. The Balaban J connectivity index is 1.54. The van der Waals surface area contributed by atoms with Crippen molar-refractivity contribution in [1.29, 1.82) is 0 Å². The lowest BCUT2D eigenvalue weighted by atomic mass is 10.1. The van der Waals surface area contributed by atoms with E-state index in [1.165, 1.54) is 11.6 Å². The third-order valence-corrected chi connectivity index (χ3v) is 4.91. The first kappa shape index (κ1) is 18.9. The summed E-state index contributed by atoms with van der Waals surface area (Å²) < 4.78 is 5.41. The minimum atomic E-state index is -0.144. The highest BCUT2D eigenvalue weighted by atomic mass is 32.1. The molecule has 0 bridgehead atoms. The zero-order chi connectivity index (χ0) is 19.1. The topological polar surface area (TPSA) is 51.2 Å². The molecule has 3 aromatic rings. The number of aryl methyl sites for hydroxylation is 1. The van der Waals surface area contributed by atoms with Crippen LogP contribution < -0.4 is 10.1 Å². The molecule has 0 saturated carbocycles. The van der Waals surface area contributed by atoms with Gasteiger partial charge in [-0.25, -0.2) is 4.98 Å². The first-order valence-electron chi connectivity index (χ1n) is 8.85. The van der Waals surface area contributed by atoms with E-state index in [0.29, 0.717) is 13.2 Å². The number of thiazole rings is 1.